The van der Waals surface area contributed by atoms with Gasteiger partial charge in [0.2, 0.25) is 0 Å². The lowest BCUT2D eigenvalue weighted by molar-refractivity contribution is 0.0716. The first-order chi connectivity index (χ1) is 11.1. The van der Waals surface area contributed by atoms with E-state index < -0.39 is 6.10 Å². The van der Waals surface area contributed by atoms with Gasteiger partial charge in [0.1, 0.15) is 17.5 Å². The smallest absolute Gasteiger partial charge is 0.256 e. The molecule has 1 aromatic heterocycles. The number of aromatic nitrogens is 1. The van der Waals surface area contributed by atoms with Gasteiger partial charge in [0.15, 0.2) is 0 Å². The summed E-state index contributed by atoms with van der Waals surface area (Å²) in [5.74, 6) is 0.511. The molecule has 6 nitrogen and oxygen atoms in total. The van der Waals surface area contributed by atoms with Gasteiger partial charge in [-0.25, -0.2) is 0 Å². The molecule has 1 saturated heterocycles. The first kappa shape index (κ1) is 15.1. The number of amides is 1. The lowest BCUT2D eigenvalue weighted by Crippen LogP contribution is -2.31. The van der Waals surface area contributed by atoms with E-state index in [1.54, 1.807) is 12.0 Å². The minimum atomic E-state index is -0.565. The summed E-state index contributed by atoms with van der Waals surface area (Å²) in [6.07, 6.45) is 1.44. The lowest BCUT2D eigenvalue weighted by atomic mass is 10.0. The zero-order valence-corrected chi connectivity index (χ0v) is 12.7. The number of H-pyrrole nitrogens is 1. The molecule has 3 rings (SSSR count). The maximum atomic E-state index is 12.7. The monoisotopic (exact) mass is 311 g/mol. The molecule has 118 valence electrons. The molecule has 0 bridgehead atoms. The molecule has 0 radical (unpaired) electrons. The van der Waals surface area contributed by atoms with Crippen LogP contribution in [0.4, 0.5) is 0 Å². The predicted molar refractivity (Wildman–Crippen MR) is 82.9 cm³/mol. The summed E-state index contributed by atoms with van der Waals surface area (Å²) in [6.45, 7) is 0.272. The molecule has 2 atom stereocenters. The fourth-order valence-corrected chi connectivity index (χ4v) is 2.95. The highest BCUT2D eigenvalue weighted by Gasteiger charge is 2.36. The van der Waals surface area contributed by atoms with Crippen LogP contribution >= 0.6 is 0 Å². The number of likely N-dealkylation sites (tertiary alicyclic amines) is 1. The molecule has 1 aliphatic heterocycles. The Morgan fingerprint density at radius 2 is 2.30 bits per heavy atom. The van der Waals surface area contributed by atoms with Gasteiger partial charge in [-0.1, -0.05) is 12.1 Å². The van der Waals surface area contributed by atoms with Crippen LogP contribution in [0.3, 0.4) is 0 Å². The molecule has 0 aliphatic carbocycles. The summed E-state index contributed by atoms with van der Waals surface area (Å²) in [5.41, 5.74) is 1.68. The molecular formula is C17H17N3O3. The van der Waals surface area contributed by atoms with Crippen molar-refractivity contribution in [1.82, 2.24) is 9.88 Å². The third-order valence-corrected chi connectivity index (χ3v) is 4.07. The molecule has 1 fully saturated rings. The van der Waals surface area contributed by atoms with Crippen LogP contribution in [0.15, 0.2) is 36.5 Å². The van der Waals surface area contributed by atoms with Crippen molar-refractivity contribution >= 4 is 5.91 Å². The van der Waals surface area contributed by atoms with E-state index in [2.05, 4.69) is 4.98 Å². The van der Waals surface area contributed by atoms with Crippen molar-refractivity contribution < 1.29 is 14.6 Å². The number of benzene rings is 1. The Morgan fingerprint density at radius 1 is 1.48 bits per heavy atom. The second-order valence-electron chi connectivity index (χ2n) is 5.55. The van der Waals surface area contributed by atoms with Gasteiger partial charge in [-0.3, -0.25) is 4.79 Å². The maximum absolute atomic E-state index is 12.7. The van der Waals surface area contributed by atoms with Gasteiger partial charge in [0.05, 0.1) is 24.8 Å². The number of nitrogens with zero attached hydrogens (tertiary/aromatic N) is 2. The number of methoxy groups -OCH3 is 1. The Kier molecular flexibility index (Phi) is 4.04. The van der Waals surface area contributed by atoms with Crippen molar-refractivity contribution in [3.63, 3.8) is 0 Å². The van der Waals surface area contributed by atoms with Crippen LogP contribution in [0.5, 0.6) is 5.75 Å². The van der Waals surface area contributed by atoms with Crippen molar-refractivity contribution in [2.45, 2.75) is 18.6 Å². The number of rotatable bonds is 3. The third-order valence-electron chi connectivity index (χ3n) is 4.07. The van der Waals surface area contributed by atoms with E-state index >= 15 is 0 Å². The normalized spacial score (nSPS) is 20.3. The molecule has 6 heteroatoms. The number of hydrogen-bond acceptors (Lipinski definition) is 4. The summed E-state index contributed by atoms with van der Waals surface area (Å²) in [6, 6.07) is 10.8. The van der Waals surface area contributed by atoms with Gasteiger partial charge in [-0.05, 0) is 30.2 Å². The summed E-state index contributed by atoms with van der Waals surface area (Å²) in [7, 11) is 1.59. The van der Waals surface area contributed by atoms with Crippen LogP contribution in [0.25, 0.3) is 0 Å². The van der Waals surface area contributed by atoms with Crippen molar-refractivity contribution in [2.24, 2.45) is 0 Å². The van der Waals surface area contributed by atoms with Gasteiger partial charge in [-0.2, -0.15) is 5.26 Å². The Balaban J connectivity index is 1.90. The van der Waals surface area contributed by atoms with Crippen LogP contribution < -0.4 is 4.74 Å². The van der Waals surface area contributed by atoms with Gasteiger partial charge in [0.25, 0.3) is 5.91 Å². The molecule has 0 spiro atoms. The molecule has 2 unspecified atom stereocenters. The number of hydrogen-bond donors (Lipinski definition) is 2. The average molecular weight is 311 g/mol. The molecule has 23 heavy (non-hydrogen) atoms. The van der Waals surface area contributed by atoms with Crippen molar-refractivity contribution in [3.8, 4) is 11.8 Å². The number of ether oxygens (including phenoxy) is 1. The Labute approximate surface area is 133 Å². The van der Waals surface area contributed by atoms with Crippen molar-refractivity contribution in [1.29, 1.82) is 5.26 Å². The number of aliphatic hydroxyl groups excluding tert-OH is 1. The second-order valence-corrected chi connectivity index (χ2v) is 5.55. The van der Waals surface area contributed by atoms with Gasteiger partial charge < -0.3 is 19.7 Å². The van der Waals surface area contributed by atoms with Crippen LogP contribution in [0, 0.1) is 11.3 Å². The number of aliphatic hydroxyl groups is 1. The first-order valence-electron chi connectivity index (χ1n) is 7.34. The summed E-state index contributed by atoms with van der Waals surface area (Å²) >= 11 is 0. The fraction of sp³-hybridized carbons (Fsp3) is 0.294. The van der Waals surface area contributed by atoms with Crippen LogP contribution in [0.1, 0.15) is 34.1 Å². The van der Waals surface area contributed by atoms with E-state index in [1.807, 2.05) is 30.3 Å². The van der Waals surface area contributed by atoms with Gasteiger partial charge in [-0.15, -0.1) is 0 Å². The van der Waals surface area contributed by atoms with Crippen molar-refractivity contribution in [2.75, 3.05) is 13.7 Å². The minimum absolute atomic E-state index is 0.202. The second kappa shape index (κ2) is 6.15. The fourth-order valence-electron chi connectivity index (χ4n) is 2.95. The van der Waals surface area contributed by atoms with Crippen LogP contribution in [-0.2, 0) is 0 Å². The lowest BCUT2D eigenvalue weighted by Gasteiger charge is -2.24. The summed E-state index contributed by atoms with van der Waals surface area (Å²) in [4.78, 5) is 17.1. The molecule has 1 aliphatic rings. The van der Waals surface area contributed by atoms with E-state index in [4.69, 9.17) is 10.00 Å². The maximum Gasteiger partial charge on any atom is 0.256 e. The zero-order valence-electron chi connectivity index (χ0n) is 12.7. The number of β-amino-alcohol motifs (C(OH)–C–C–N with tert-alkyl or cyclic N) is 1. The SMILES string of the molecule is COc1cccc(C2CC(O)CN2C(=O)c2c[nH]c(C#N)c2)c1. The number of nitrogens with one attached hydrogen (secondary N) is 1. The third kappa shape index (κ3) is 2.91. The van der Waals surface area contributed by atoms with E-state index in [0.717, 1.165) is 5.56 Å². The first-order valence-corrected chi connectivity index (χ1v) is 7.34. The highest BCUT2D eigenvalue weighted by molar-refractivity contribution is 5.95. The van der Waals surface area contributed by atoms with E-state index in [1.165, 1.54) is 12.3 Å². The van der Waals surface area contributed by atoms with E-state index in [0.29, 0.717) is 23.4 Å². The quantitative estimate of drug-likeness (QED) is 0.905. The topological polar surface area (TPSA) is 89.3 Å². The molecule has 2 aromatic rings. The highest BCUT2D eigenvalue weighted by atomic mass is 16.5. The Hall–Kier alpha value is -2.78. The van der Waals surface area contributed by atoms with E-state index in [-0.39, 0.29) is 18.5 Å². The number of nitriles is 1. The molecule has 2 N–H and O–H groups in total. The summed E-state index contributed by atoms with van der Waals surface area (Å²) < 4.78 is 5.23. The highest BCUT2D eigenvalue weighted by Crippen LogP contribution is 2.34. The predicted octanol–water partition coefficient (Wildman–Crippen LogP) is 1.84. The van der Waals surface area contributed by atoms with E-state index in [9.17, 15) is 9.90 Å². The Morgan fingerprint density at radius 3 is 3.00 bits per heavy atom. The molecule has 0 saturated carbocycles. The van der Waals surface area contributed by atoms with Crippen molar-refractivity contribution in [3.05, 3.63) is 53.3 Å². The molecule has 2 heterocycles. The van der Waals surface area contributed by atoms with Crippen LogP contribution in [0.2, 0.25) is 0 Å². The minimum Gasteiger partial charge on any atom is -0.497 e. The Bertz CT molecular complexity index is 762. The standard InChI is InChI=1S/C17H17N3O3/c1-23-15-4-2-3-11(6-15)16-7-14(21)10-20(16)17(22)12-5-13(8-18)19-9-12/h2-6,9,14,16,19,21H,7,10H2,1H3. The molecular weight excluding hydrogens is 294 g/mol. The zero-order chi connectivity index (χ0) is 16.4. The molecule has 1 aromatic carbocycles. The van der Waals surface area contributed by atoms with Gasteiger partial charge >= 0.3 is 0 Å². The number of aromatic amines is 1. The van der Waals surface area contributed by atoms with Gasteiger partial charge in [0, 0.05) is 12.7 Å². The number of carbonyl (C=O) groups is 1. The van der Waals surface area contributed by atoms with Crippen LogP contribution in [-0.4, -0.2) is 40.7 Å². The number of carbonyl (C=O) groups excluding carboxylic acids is 1. The summed E-state index contributed by atoms with van der Waals surface area (Å²) in [5, 5.41) is 18.9. The largest absolute Gasteiger partial charge is 0.497 e. The molecule has 1 amide bonds. The average Bonchev–Trinajstić information content (AvgIpc) is 3.20.